The number of amides is 1. The number of carboxylic acids is 2. The molecule has 56 heavy (non-hydrogen) atoms. The Bertz CT molecular complexity index is 2080. The van der Waals surface area contributed by atoms with Crippen molar-refractivity contribution in [2.24, 2.45) is 16.9 Å². The van der Waals surface area contributed by atoms with Gasteiger partial charge in [-0.05, 0) is 98.7 Å². The quantitative estimate of drug-likeness (QED) is 0.0844. The van der Waals surface area contributed by atoms with Crippen LogP contribution >= 0.6 is 0 Å². The van der Waals surface area contributed by atoms with Gasteiger partial charge in [0.25, 0.3) is 5.91 Å². The van der Waals surface area contributed by atoms with Gasteiger partial charge >= 0.3 is 11.9 Å². The normalized spacial score (nSPS) is 17.9. The van der Waals surface area contributed by atoms with Crippen molar-refractivity contribution in [2.45, 2.75) is 64.3 Å². The molecule has 2 aliphatic carbocycles. The maximum atomic E-state index is 12.3. The van der Waals surface area contributed by atoms with E-state index in [9.17, 15) is 19.5 Å². The Morgan fingerprint density at radius 3 is 2.02 bits per heavy atom. The Hall–Kier alpha value is -5.95. The Labute approximate surface area is 327 Å². The minimum atomic E-state index is -0.938. The molecule has 13 heteroatoms. The number of hydrogen-bond acceptors (Lipinski definition) is 8. The van der Waals surface area contributed by atoms with Crippen LogP contribution in [0, 0.1) is 11.8 Å². The van der Waals surface area contributed by atoms with E-state index in [4.69, 9.17) is 19.7 Å². The number of nitrogens with zero attached hydrogens (tertiary/aromatic N) is 4. The summed E-state index contributed by atoms with van der Waals surface area (Å²) < 4.78 is 12.5. The lowest BCUT2D eigenvalue weighted by Crippen LogP contribution is -2.30. The topological polar surface area (TPSA) is 164 Å². The average molecular weight is 764 g/mol. The van der Waals surface area contributed by atoms with E-state index in [1.165, 1.54) is 5.56 Å². The summed E-state index contributed by atoms with van der Waals surface area (Å²) in [6.07, 6.45) is 9.07. The molecular formula is C43H51N6O7+. The Morgan fingerprint density at radius 2 is 1.48 bits per heavy atom. The lowest BCUT2D eigenvalue weighted by Gasteiger charge is -2.22. The summed E-state index contributed by atoms with van der Waals surface area (Å²) in [5, 5.41) is 34.0. The van der Waals surface area contributed by atoms with Crippen LogP contribution < -0.4 is 24.7 Å². The molecule has 2 atom stereocenters. The van der Waals surface area contributed by atoms with E-state index in [1.807, 2.05) is 72.4 Å². The number of carboxylic acid groups (broad SMARTS) is 2. The van der Waals surface area contributed by atoms with Crippen LogP contribution in [0.25, 0.3) is 5.69 Å². The van der Waals surface area contributed by atoms with Gasteiger partial charge in [-0.3, -0.25) is 9.59 Å². The molecule has 0 saturated heterocycles. The molecule has 2 unspecified atom stereocenters. The van der Waals surface area contributed by atoms with Crippen LogP contribution in [0.4, 0.5) is 11.4 Å². The summed E-state index contributed by atoms with van der Waals surface area (Å²) >= 11 is 0. The highest BCUT2D eigenvalue weighted by Gasteiger charge is 2.43. The molecule has 0 radical (unpaired) electrons. The standard InChI is InChI=1S/C28H34N4O4.C15H16N2O3/c1-18(2)16-25(30-21-8-6-20(7-9-21)28(35)29-15-14-26(33)34)24-17-32(31-27(24)19-4-5-19)22-10-12-23(36-3)13-11-22;1-17(11-5-7-12(20-2)8-6-11)9-13(15(18)19)14(16-17)10-3-4-10/h6-13,17-19,25,30H,4-5,14-16H2,1-3H3,(H,29,35)(H,33,34);5-10H,3-4H2,1-2H3/p+1. The highest BCUT2D eigenvalue weighted by Crippen LogP contribution is 2.44. The molecule has 0 bridgehead atoms. The molecule has 2 heterocycles. The molecule has 3 aliphatic rings. The summed E-state index contributed by atoms with van der Waals surface area (Å²) in [7, 11) is 5.17. The van der Waals surface area contributed by atoms with E-state index in [1.54, 1.807) is 32.6 Å². The number of benzene rings is 3. The van der Waals surface area contributed by atoms with E-state index in [0.717, 1.165) is 72.1 Å². The lowest BCUT2D eigenvalue weighted by molar-refractivity contribution is -0.137. The fraction of sp³-hybridized carbons (Fsp3) is 0.372. The van der Waals surface area contributed by atoms with Crippen LogP contribution in [0.1, 0.15) is 85.9 Å². The van der Waals surface area contributed by atoms with E-state index < -0.39 is 11.9 Å². The van der Waals surface area contributed by atoms with Crippen LogP contribution in [-0.2, 0) is 9.59 Å². The van der Waals surface area contributed by atoms with E-state index >= 15 is 0 Å². The molecule has 13 nitrogen and oxygen atoms in total. The zero-order valence-electron chi connectivity index (χ0n) is 32.6. The third-order valence-electron chi connectivity index (χ3n) is 10.0. The van der Waals surface area contributed by atoms with Crippen molar-refractivity contribution in [1.82, 2.24) is 19.7 Å². The first-order valence-corrected chi connectivity index (χ1v) is 19.0. The van der Waals surface area contributed by atoms with Gasteiger partial charge in [0, 0.05) is 53.5 Å². The predicted molar refractivity (Wildman–Crippen MR) is 216 cm³/mol. The number of carbonyl (C=O) groups is 3. The first-order chi connectivity index (χ1) is 26.9. The number of hydrogen-bond donors (Lipinski definition) is 4. The molecule has 294 valence electrons. The third-order valence-corrected chi connectivity index (χ3v) is 10.0. The van der Waals surface area contributed by atoms with Gasteiger partial charge in [0.15, 0.2) is 5.69 Å². The number of anilines is 1. The van der Waals surface area contributed by atoms with Gasteiger partial charge in [0.05, 0.1) is 38.1 Å². The molecule has 0 spiro atoms. The van der Waals surface area contributed by atoms with Crippen molar-refractivity contribution in [2.75, 3.05) is 33.1 Å². The third kappa shape index (κ3) is 9.82. The minimum absolute atomic E-state index is 0.0721. The van der Waals surface area contributed by atoms with Crippen molar-refractivity contribution in [3.05, 3.63) is 108 Å². The first kappa shape index (κ1) is 39.7. The van der Waals surface area contributed by atoms with Gasteiger partial charge in [0.2, 0.25) is 0 Å². The van der Waals surface area contributed by atoms with Gasteiger partial charge in [-0.25, -0.2) is 9.48 Å². The summed E-state index contributed by atoms with van der Waals surface area (Å²) in [5.74, 6) is 0.748. The molecule has 2 fully saturated rings. The van der Waals surface area contributed by atoms with Crippen molar-refractivity contribution in [1.29, 1.82) is 0 Å². The van der Waals surface area contributed by atoms with Gasteiger partial charge in [-0.15, -0.1) is 4.59 Å². The highest BCUT2D eigenvalue weighted by atomic mass is 16.5. The number of methoxy groups -OCH3 is 2. The number of rotatable bonds is 16. The number of aromatic nitrogens is 2. The molecule has 1 aliphatic heterocycles. The number of carbonyl (C=O) groups excluding carboxylic acids is 1. The van der Waals surface area contributed by atoms with Gasteiger partial charge in [-0.1, -0.05) is 18.9 Å². The van der Waals surface area contributed by atoms with E-state index in [-0.39, 0.29) is 29.5 Å². The summed E-state index contributed by atoms with van der Waals surface area (Å²) in [6.45, 7) is 4.53. The Balaban J connectivity index is 0.000000223. The number of nitrogens with one attached hydrogen (secondary N) is 2. The Kier molecular flexibility index (Phi) is 12.2. The number of aliphatic carboxylic acids is 2. The molecule has 1 aromatic heterocycles. The van der Waals surface area contributed by atoms with Crippen LogP contribution in [0.3, 0.4) is 0 Å². The first-order valence-electron chi connectivity index (χ1n) is 19.0. The minimum Gasteiger partial charge on any atom is -0.497 e. The zero-order valence-corrected chi connectivity index (χ0v) is 32.6. The zero-order chi connectivity index (χ0) is 40.0. The van der Waals surface area contributed by atoms with Crippen molar-refractivity contribution in [3.8, 4) is 17.2 Å². The summed E-state index contributed by atoms with van der Waals surface area (Å²) in [6, 6.07) is 22.8. The molecule has 4 N–H and O–H groups in total. The molecule has 2 saturated carbocycles. The maximum absolute atomic E-state index is 12.3. The second-order valence-corrected chi connectivity index (χ2v) is 15.0. The second kappa shape index (κ2) is 17.2. The van der Waals surface area contributed by atoms with Crippen molar-refractivity contribution >= 4 is 34.9 Å². The summed E-state index contributed by atoms with van der Waals surface area (Å²) in [4.78, 5) is 34.3. The SMILES string of the molecule is COc1ccc(-n2cc(C(CC(C)C)Nc3ccc(C(=O)NCCC(=O)O)cc3)c(C3CC3)n2)cc1.COc1ccc([N+]2(C)C=C(C(=O)O)C(C3CC3)=N2)cc1. The fourth-order valence-electron chi connectivity index (χ4n) is 6.71. The predicted octanol–water partition coefficient (Wildman–Crippen LogP) is 7.54. The summed E-state index contributed by atoms with van der Waals surface area (Å²) in [5.41, 5.74) is 6.75. The van der Waals surface area contributed by atoms with E-state index in [0.29, 0.717) is 28.9 Å². The molecule has 1 amide bonds. The van der Waals surface area contributed by atoms with Gasteiger partial charge in [0.1, 0.15) is 36.0 Å². The maximum Gasteiger partial charge on any atom is 0.343 e. The molecule has 4 aromatic rings. The lowest BCUT2D eigenvalue weighted by atomic mass is 9.95. The number of ether oxygens (including phenoxy) is 2. The monoisotopic (exact) mass is 763 g/mol. The largest absolute Gasteiger partial charge is 0.497 e. The van der Waals surface area contributed by atoms with Gasteiger partial charge in [-0.2, -0.15) is 5.10 Å². The fourth-order valence-corrected chi connectivity index (χ4v) is 6.71. The highest BCUT2D eigenvalue weighted by molar-refractivity contribution is 6.22. The van der Waals surface area contributed by atoms with Crippen LogP contribution in [0.2, 0.25) is 0 Å². The molecular weight excluding hydrogens is 713 g/mol. The van der Waals surface area contributed by atoms with Gasteiger partial charge < -0.3 is 30.3 Å². The molecule has 3 aromatic carbocycles. The molecule has 7 rings (SSSR count). The number of quaternary nitrogens is 1. The average Bonchev–Trinajstić information content (AvgIpc) is 4.14. The van der Waals surface area contributed by atoms with E-state index in [2.05, 4.69) is 35.8 Å². The second-order valence-electron chi connectivity index (χ2n) is 15.0. The van der Waals surface area contributed by atoms with Crippen LogP contribution in [-0.4, -0.2) is 71.4 Å². The smallest absolute Gasteiger partial charge is 0.343 e. The Morgan fingerprint density at radius 1 is 0.875 bits per heavy atom. The van der Waals surface area contributed by atoms with Crippen LogP contribution in [0.5, 0.6) is 11.5 Å². The van der Waals surface area contributed by atoms with Crippen molar-refractivity contribution in [3.63, 3.8) is 0 Å². The van der Waals surface area contributed by atoms with Crippen molar-refractivity contribution < 1.29 is 34.1 Å². The van der Waals surface area contributed by atoms with Crippen LogP contribution in [0.15, 0.2) is 95.9 Å².